The Morgan fingerprint density at radius 3 is 1.82 bits per heavy atom. The molecule has 0 amide bonds. The second kappa shape index (κ2) is 4.70. The van der Waals surface area contributed by atoms with E-state index < -0.39 is 0 Å². The molecule has 0 rings (SSSR count). The largest absolute Gasteiger partial charge is 0.329 e. The molecule has 0 fully saturated rings. The smallest absolute Gasteiger partial charge is 0.0337 e. The Kier molecular flexibility index (Phi) is 4.65. The minimum absolute atomic E-state index is 0.419. The molecule has 0 spiro atoms. The number of hydrogen-bond acceptors (Lipinski definition) is 3. The quantitative estimate of drug-likeness (QED) is 0.607. The van der Waals surface area contributed by atoms with Crippen LogP contribution in [0.25, 0.3) is 0 Å². The highest BCUT2D eigenvalue weighted by Crippen LogP contribution is 2.01. The summed E-state index contributed by atoms with van der Waals surface area (Å²) < 4.78 is 0. The van der Waals surface area contributed by atoms with Crippen molar-refractivity contribution in [3.63, 3.8) is 0 Å². The van der Waals surface area contributed by atoms with Crippen molar-refractivity contribution in [3.8, 4) is 0 Å². The summed E-state index contributed by atoms with van der Waals surface area (Å²) in [6.07, 6.45) is 0. The molecule has 1 unspecified atom stereocenters. The first kappa shape index (κ1) is 10.9. The van der Waals surface area contributed by atoms with Crippen molar-refractivity contribution in [2.75, 3.05) is 20.6 Å². The maximum atomic E-state index is 5.54. The second-order valence-electron chi connectivity index (χ2n) is 3.33. The van der Waals surface area contributed by atoms with Gasteiger partial charge in [-0.15, -0.1) is 0 Å². The van der Waals surface area contributed by atoms with Gasteiger partial charge in [0.1, 0.15) is 0 Å². The first-order valence-corrected chi connectivity index (χ1v) is 4.16. The fourth-order valence-electron chi connectivity index (χ4n) is 0.828. The summed E-state index contributed by atoms with van der Waals surface area (Å²) in [7, 11) is 4.15. The van der Waals surface area contributed by atoms with Crippen LogP contribution in [0.3, 0.4) is 0 Å². The highest BCUT2D eigenvalue weighted by Gasteiger charge is 2.13. The number of hydrogen-bond donors (Lipinski definition) is 1. The van der Waals surface area contributed by atoms with E-state index in [9.17, 15) is 0 Å². The molecule has 68 valence electrons. The zero-order valence-electron chi connectivity index (χ0n) is 8.33. The monoisotopic (exact) mass is 159 g/mol. The first-order chi connectivity index (χ1) is 5.00. The molecule has 1 atom stereocenters. The molecule has 0 saturated carbocycles. The standard InChI is InChI=1S/C8H21N3/c1-7(2)10(4)11(5)8(3)6-9/h7-8H,6,9H2,1-5H3. The van der Waals surface area contributed by atoms with Gasteiger partial charge in [-0.3, -0.25) is 0 Å². The zero-order chi connectivity index (χ0) is 9.02. The van der Waals surface area contributed by atoms with Crippen molar-refractivity contribution in [2.24, 2.45) is 5.73 Å². The lowest BCUT2D eigenvalue weighted by atomic mass is 10.3. The van der Waals surface area contributed by atoms with E-state index in [1.165, 1.54) is 0 Å². The molecule has 0 heterocycles. The van der Waals surface area contributed by atoms with Crippen LogP contribution in [0.1, 0.15) is 20.8 Å². The molecule has 0 radical (unpaired) electrons. The van der Waals surface area contributed by atoms with Crippen molar-refractivity contribution in [1.82, 2.24) is 10.0 Å². The van der Waals surface area contributed by atoms with Gasteiger partial charge < -0.3 is 5.73 Å². The molecular weight excluding hydrogens is 138 g/mol. The first-order valence-electron chi connectivity index (χ1n) is 4.16. The van der Waals surface area contributed by atoms with Gasteiger partial charge in [0.05, 0.1) is 0 Å². The van der Waals surface area contributed by atoms with Gasteiger partial charge in [-0.2, -0.15) is 0 Å². The lowest BCUT2D eigenvalue weighted by Gasteiger charge is -2.35. The SMILES string of the molecule is CC(C)N(C)N(C)C(C)CN. The third-order valence-electron chi connectivity index (χ3n) is 2.22. The molecule has 3 heteroatoms. The summed E-state index contributed by atoms with van der Waals surface area (Å²) in [6.45, 7) is 7.16. The number of nitrogens with two attached hydrogens (primary N) is 1. The number of hydrazine groups is 1. The topological polar surface area (TPSA) is 32.5 Å². The van der Waals surface area contributed by atoms with Crippen LogP contribution < -0.4 is 5.73 Å². The lowest BCUT2D eigenvalue weighted by molar-refractivity contribution is -0.0300. The fraction of sp³-hybridized carbons (Fsp3) is 1.00. The van der Waals surface area contributed by atoms with Gasteiger partial charge in [0.2, 0.25) is 0 Å². The number of rotatable bonds is 4. The summed E-state index contributed by atoms with van der Waals surface area (Å²) in [5.41, 5.74) is 5.54. The van der Waals surface area contributed by atoms with E-state index in [0.717, 1.165) is 0 Å². The van der Waals surface area contributed by atoms with E-state index in [4.69, 9.17) is 5.73 Å². The number of likely N-dealkylation sites (N-methyl/N-ethyl adjacent to an activating group) is 1. The molecule has 0 aromatic carbocycles. The van der Waals surface area contributed by atoms with Crippen LogP contribution in [0, 0.1) is 0 Å². The van der Waals surface area contributed by atoms with Gasteiger partial charge in [-0.05, 0) is 20.8 Å². The van der Waals surface area contributed by atoms with E-state index in [0.29, 0.717) is 18.6 Å². The van der Waals surface area contributed by atoms with Gasteiger partial charge in [-0.25, -0.2) is 10.0 Å². The van der Waals surface area contributed by atoms with Crippen LogP contribution in [0.2, 0.25) is 0 Å². The molecular formula is C8H21N3. The second-order valence-corrected chi connectivity index (χ2v) is 3.33. The Morgan fingerprint density at radius 1 is 1.09 bits per heavy atom. The number of nitrogens with zero attached hydrogens (tertiary/aromatic N) is 2. The molecule has 0 bridgehead atoms. The Hall–Kier alpha value is -0.120. The average Bonchev–Trinajstić information content (AvgIpc) is 2.00. The van der Waals surface area contributed by atoms with E-state index >= 15 is 0 Å². The molecule has 0 aliphatic carbocycles. The van der Waals surface area contributed by atoms with E-state index in [1.807, 2.05) is 0 Å². The minimum atomic E-state index is 0.419. The molecule has 0 aromatic rings. The van der Waals surface area contributed by atoms with Gasteiger partial charge in [0.25, 0.3) is 0 Å². The van der Waals surface area contributed by atoms with Crippen LogP contribution in [0.4, 0.5) is 0 Å². The minimum Gasteiger partial charge on any atom is -0.329 e. The zero-order valence-corrected chi connectivity index (χ0v) is 8.33. The van der Waals surface area contributed by atoms with Crippen LogP contribution in [-0.2, 0) is 0 Å². The van der Waals surface area contributed by atoms with Crippen molar-refractivity contribution >= 4 is 0 Å². The summed E-state index contributed by atoms with van der Waals surface area (Å²) in [5.74, 6) is 0. The molecule has 0 aromatic heterocycles. The van der Waals surface area contributed by atoms with Crippen LogP contribution in [0.5, 0.6) is 0 Å². The van der Waals surface area contributed by atoms with Crippen LogP contribution >= 0.6 is 0 Å². The van der Waals surface area contributed by atoms with Gasteiger partial charge in [-0.1, -0.05) is 0 Å². The van der Waals surface area contributed by atoms with Gasteiger partial charge in [0.15, 0.2) is 0 Å². The van der Waals surface area contributed by atoms with Crippen molar-refractivity contribution < 1.29 is 0 Å². The Morgan fingerprint density at radius 2 is 1.55 bits per heavy atom. The highest BCUT2D eigenvalue weighted by molar-refractivity contribution is 4.62. The Bertz CT molecular complexity index is 104. The molecule has 0 aliphatic rings. The fourth-order valence-corrected chi connectivity index (χ4v) is 0.828. The summed E-state index contributed by atoms with van der Waals surface area (Å²) in [5, 5.41) is 4.36. The van der Waals surface area contributed by atoms with Gasteiger partial charge in [0, 0.05) is 32.7 Å². The van der Waals surface area contributed by atoms with E-state index in [-0.39, 0.29) is 0 Å². The van der Waals surface area contributed by atoms with Gasteiger partial charge >= 0.3 is 0 Å². The van der Waals surface area contributed by atoms with Crippen molar-refractivity contribution in [2.45, 2.75) is 32.9 Å². The Balaban J connectivity index is 3.90. The normalized spacial score (nSPS) is 15.0. The molecule has 3 nitrogen and oxygen atoms in total. The van der Waals surface area contributed by atoms with Crippen molar-refractivity contribution in [1.29, 1.82) is 0 Å². The maximum Gasteiger partial charge on any atom is 0.0337 e. The summed E-state index contributed by atoms with van der Waals surface area (Å²) >= 11 is 0. The molecule has 0 saturated heterocycles. The summed E-state index contributed by atoms with van der Waals surface area (Å²) in [6, 6.07) is 0.955. The third kappa shape index (κ3) is 3.18. The molecule has 2 N–H and O–H groups in total. The highest BCUT2D eigenvalue weighted by atomic mass is 15.6. The maximum absolute atomic E-state index is 5.54. The third-order valence-corrected chi connectivity index (χ3v) is 2.22. The lowest BCUT2D eigenvalue weighted by Crippen LogP contribution is -2.48. The molecule has 0 aliphatic heterocycles. The van der Waals surface area contributed by atoms with Crippen LogP contribution in [0.15, 0.2) is 0 Å². The van der Waals surface area contributed by atoms with Crippen LogP contribution in [-0.4, -0.2) is 42.7 Å². The van der Waals surface area contributed by atoms with E-state index in [2.05, 4.69) is 44.9 Å². The average molecular weight is 159 g/mol. The molecule has 11 heavy (non-hydrogen) atoms. The predicted octanol–water partition coefficient (Wildman–Crippen LogP) is 0.521. The Labute approximate surface area is 70.1 Å². The summed E-state index contributed by atoms with van der Waals surface area (Å²) in [4.78, 5) is 0. The predicted molar refractivity (Wildman–Crippen MR) is 49.2 cm³/mol. The van der Waals surface area contributed by atoms with E-state index in [1.54, 1.807) is 0 Å². The van der Waals surface area contributed by atoms with Crippen molar-refractivity contribution in [3.05, 3.63) is 0 Å².